The van der Waals surface area contributed by atoms with Crippen LogP contribution in [0.2, 0.25) is 10.0 Å². The number of hydrogen-bond donors (Lipinski definition) is 1. The Morgan fingerprint density at radius 3 is 2.21 bits per heavy atom. The van der Waals surface area contributed by atoms with Crippen LogP contribution < -0.4 is 9.62 Å². The topological polar surface area (TPSA) is 86.8 Å². The van der Waals surface area contributed by atoms with Crippen LogP contribution in [-0.2, 0) is 26.2 Å². The molecule has 0 aliphatic rings. The number of aryl methyl sites for hydroxylation is 2. The molecule has 2 amide bonds. The van der Waals surface area contributed by atoms with Crippen LogP contribution in [0, 0.1) is 13.8 Å². The molecule has 7 nitrogen and oxygen atoms in total. The maximum atomic E-state index is 13.6. The van der Waals surface area contributed by atoms with Crippen LogP contribution in [0.5, 0.6) is 0 Å². The van der Waals surface area contributed by atoms with Gasteiger partial charge in [0, 0.05) is 41.7 Å². The highest BCUT2D eigenvalue weighted by Crippen LogP contribution is 2.28. The number of sulfonamides is 1. The zero-order valence-corrected chi connectivity index (χ0v) is 25.2. The third-order valence-electron chi connectivity index (χ3n) is 6.54. The molecule has 38 heavy (non-hydrogen) atoms. The Morgan fingerprint density at radius 1 is 1.00 bits per heavy atom. The highest BCUT2D eigenvalue weighted by molar-refractivity contribution is 7.92. The fraction of sp³-hybridized carbons (Fsp3) is 0.500. The SMILES string of the molecule is CCCCNC(=O)C(CC)N(Cc1c(Cl)cccc1Cl)C(=O)CCCN(c1ccc(C)c(C)c1)S(C)(=O)=O. The van der Waals surface area contributed by atoms with E-state index in [-0.39, 0.29) is 37.7 Å². The van der Waals surface area contributed by atoms with Gasteiger partial charge in [0.05, 0.1) is 11.9 Å². The van der Waals surface area contributed by atoms with Crippen molar-refractivity contribution >= 4 is 50.7 Å². The minimum atomic E-state index is -3.56. The number of halogens is 2. The van der Waals surface area contributed by atoms with Crippen molar-refractivity contribution in [2.24, 2.45) is 0 Å². The lowest BCUT2D eigenvalue weighted by atomic mass is 10.1. The van der Waals surface area contributed by atoms with E-state index in [1.54, 1.807) is 24.3 Å². The monoisotopic (exact) mass is 583 g/mol. The van der Waals surface area contributed by atoms with Gasteiger partial charge in [-0.15, -0.1) is 0 Å². The number of rotatable bonds is 14. The van der Waals surface area contributed by atoms with Crippen LogP contribution in [0.4, 0.5) is 5.69 Å². The smallest absolute Gasteiger partial charge is 0.242 e. The standard InChI is InChI=1S/C28H39Cl2N3O4S/c1-6-8-16-31-28(35)26(7-2)32(19-23-24(29)11-9-12-25(23)30)27(34)13-10-17-33(38(5,36)37)22-15-14-20(3)21(4)18-22/h9,11-12,14-15,18,26H,6-8,10,13,16-17,19H2,1-5H3,(H,31,35). The van der Waals surface area contributed by atoms with E-state index >= 15 is 0 Å². The molecule has 210 valence electrons. The number of nitrogens with one attached hydrogen (secondary N) is 1. The summed E-state index contributed by atoms with van der Waals surface area (Å²) in [7, 11) is -3.56. The van der Waals surface area contributed by atoms with Crippen LogP contribution in [0.25, 0.3) is 0 Å². The number of hydrogen-bond acceptors (Lipinski definition) is 4. The Labute approximate surface area is 237 Å². The second kappa shape index (κ2) is 14.8. The van der Waals surface area contributed by atoms with Gasteiger partial charge in [-0.1, -0.05) is 55.6 Å². The van der Waals surface area contributed by atoms with Crippen molar-refractivity contribution in [1.29, 1.82) is 0 Å². The van der Waals surface area contributed by atoms with E-state index in [0.29, 0.717) is 34.3 Å². The minimum absolute atomic E-state index is 0.0532. The summed E-state index contributed by atoms with van der Waals surface area (Å²) in [6, 6.07) is 9.89. The molecule has 0 aliphatic carbocycles. The summed E-state index contributed by atoms with van der Waals surface area (Å²) >= 11 is 12.8. The van der Waals surface area contributed by atoms with E-state index in [2.05, 4.69) is 5.32 Å². The van der Waals surface area contributed by atoms with Gasteiger partial charge in [-0.3, -0.25) is 13.9 Å². The number of benzene rings is 2. The molecule has 1 atom stereocenters. The van der Waals surface area contributed by atoms with E-state index in [1.807, 2.05) is 39.8 Å². The molecule has 1 unspecified atom stereocenters. The number of carbonyl (C=O) groups is 2. The molecule has 2 aromatic rings. The van der Waals surface area contributed by atoms with Crippen LogP contribution in [-0.4, -0.2) is 50.5 Å². The van der Waals surface area contributed by atoms with Gasteiger partial charge in [0.2, 0.25) is 21.8 Å². The van der Waals surface area contributed by atoms with Crippen LogP contribution in [0.1, 0.15) is 62.6 Å². The van der Waals surface area contributed by atoms with E-state index in [9.17, 15) is 18.0 Å². The lowest BCUT2D eigenvalue weighted by molar-refractivity contribution is -0.141. The third-order valence-corrected chi connectivity index (χ3v) is 8.44. The maximum absolute atomic E-state index is 13.6. The Hall–Kier alpha value is -2.29. The molecule has 1 N–H and O–H groups in total. The summed E-state index contributed by atoms with van der Waals surface area (Å²) in [6.07, 6.45) is 3.67. The number of anilines is 1. The van der Waals surface area contributed by atoms with Gasteiger partial charge in [-0.2, -0.15) is 0 Å². The summed E-state index contributed by atoms with van der Waals surface area (Å²) in [5.74, 6) is -0.502. The predicted molar refractivity (Wildman–Crippen MR) is 156 cm³/mol. The molecule has 0 saturated heterocycles. The molecule has 0 bridgehead atoms. The van der Waals surface area contributed by atoms with Gasteiger partial charge in [-0.25, -0.2) is 8.42 Å². The third kappa shape index (κ3) is 8.89. The minimum Gasteiger partial charge on any atom is -0.354 e. The van der Waals surface area contributed by atoms with Gasteiger partial charge in [0.15, 0.2) is 0 Å². The Balaban J connectivity index is 2.27. The summed E-state index contributed by atoms with van der Waals surface area (Å²) in [5, 5.41) is 3.75. The predicted octanol–water partition coefficient (Wildman–Crippen LogP) is 5.88. The van der Waals surface area contributed by atoms with Crippen molar-refractivity contribution < 1.29 is 18.0 Å². The number of nitrogens with zero attached hydrogens (tertiary/aromatic N) is 2. The molecule has 0 aromatic heterocycles. The Bertz CT molecular complexity index is 1200. The van der Waals surface area contributed by atoms with Gasteiger partial charge < -0.3 is 10.2 Å². The molecular formula is C28H39Cl2N3O4S. The second-order valence-corrected chi connectivity index (χ2v) is 12.2. The molecular weight excluding hydrogens is 545 g/mol. The molecule has 2 aromatic carbocycles. The summed E-state index contributed by atoms with van der Waals surface area (Å²) in [4.78, 5) is 28.1. The van der Waals surface area contributed by atoms with Gasteiger partial charge in [0.25, 0.3) is 0 Å². The molecule has 0 aliphatic heterocycles. The summed E-state index contributed by atoms with van der Waals surface area (Å²) < 4.78 is 26.5. The van der Waals surface area contributed by atoms with E-state index in [0.717, 1.165) is 30.2 Å². The molecule has 0 radical (unpaired) electrons. The van der Waals surface area contributed by atoms with Gasteiger partial charge >= 0.3 is 0 Å². The van der Waals surface area contributed by atoms with Crippen molar-refractivity contribution in [3.05, 3.63) is 63.1 Å². The molecule has 0 saturated carbocycles. The van der Waals surface area contributed by atoms with Crippen molar-refractivity contribution in [3.8, 4) is 0 Å². The van der Waals surface area contributed by atoms with E-state index in [1.165, 1.54) is 9.21 Å². The maximum Gasteiger partial charge on any atom is 0.242 e. The summed E-state index contributed by atoms with van der Waals surface area (Å²) in [5.41, 5.74) is 3.17. The quantitative estimate of drug-likeness (QED) is 0.281. The van der Waals surface area contributed by atoms with Gasteiger partial charge in [0.1, 0.15) is 6.04 Å². The normalized spacial score (nSPS) is 12.2. The van der Waals surface area contributed by atoms with E-state index in [4.69, 9.17) is 23.2 Å². The van der Waals surface area contributed by atoms with Crippen LogP contribution in [0.3, 0.4) is 0 Å². The fourth-order valence-corrected chi connectivity index (χ4v) is 5.64. The molecule has 2 rings (SSSR count). The highest BCUT2D eigenvalue weighted by Gasteiger charge is 2.29. The lowest BCUT2D eigenvalue weighted by Gasteiger charge is -2.31. The van der Waals surface area contributed by atoms with Crippen molar-refractivity contribution in [2.45, 2.75) is 72.4 Å². The number of carbonyl (C=O) groups excluding carboxylic acids is 2. The molecule has 0 fully saturated rings. The van der Waals surface area contributed by atoms with Crippen LogP contribution >= 0.6 is 23.2 Å². The first-order valence-corrected chi connectivity index (χ1v) is 15.6. The first-order valence-electron chi connectivity index (χ1n) is 13.0. The lowest BCUT2D eigenvalue weighted by Crippen LogP contribution is -2.49. The molecule has 10 heteroatoms. The first-order chi connectivity index (χ1) is 17.9. The molecule has 0 heterocycles. The Kier molecular flexibility index (Phi) is 12.4. The fourth-order valence-electron chi connectivity index (χ4n) is 4.16. The average Bonchev–Trinajstić information content (AvgIpc) is 2.84. The van der Waals surface area contributed by atoms with Crippen molar-refractivity contribution in [2.75, 3.05) is 23.7 Å². The number of unbranched alkanes of at least 4 members (excludes halogenated alkanes) is 1. The Morgan fingerprint density at radius 2 is 1.66 bits per heavy atom. The molecule has 0 spiro atoms. The average molecular weight is 585 g/mol. The number of amides is 2. The highest BCUT2D eigenvalue weighted by atomic mass is 35.5. The second-order valence-electron chi connectivity index (χ2n) is 9.50. The zero-order chi connectivity index (χ0) is 28.5. The zero-order valence-electron chi connectivity index (χ0n) is 22.9. The van der Waals surface area contributed by atoms with Crippen molar-refractivity contribution in [1.82, 2.24) is 10.2 Å². The summed E-state index contributed by atoms with van der Waals surface area (Å²) in [6.45, 7) is 8.51. The first kappa shape index (κ1) is 31.9. The van der Waals surface area contributed by atoms with Crippen molar-refractivity contribution in [3.63, 3.8) is 0 Å². The largest absolute Gasteiger partial charge is 0.354 e. The van der Waals surface area contributed by atoms with E-state index < -0.39 is 16.1 Å². The van der Waals surface area contributed by atoms with Gasteiger partial charge in [-0.05, 0) is 68.5 Å². The van der Waals surface area contributed by atoms with Crippen LogP contribution in [0.15, 0.2) is 36.4 Å².